The summed E-state index contributed by atoms with van der Waals surface area (Å²) in [5.74, 6) is 0.910. The van der Waals surface area contributed by atoms with E-state index >= 15 is 0 Å². The number of nitrogens with zero attached hydrogens (tertiary/aromatic N) is 3. The van der Waals surface area contributed by atoms with Crippen molar-refractivity contribution in [2.45, 2.75) is 20.3 Å². The Morgan fingerprint density at radius 3 is 2.25 bits per heavy atom. The van der Waals surface area contributed by atoms with Crippen molar-refractivity contribution in [3.63, 3.8) is 0 Å². The highest BCUT2D eigenvalue weighted by atomic mass is 79.9. The first-order chi connectivity index (χ1) is 13.4. The first kappa shape index (κ1) is 19.3. The Kier molecular flexibility index (Phi) is 5.58. The zero-order valence-electron chi connectivity index (χ0n) is 15.3. The lowest BCUT2D eigenvalue weighted by molar-refractivity contribution is 0.941. The van der Waals surface area contributed by atoms with Crippen molar-refractivity contribution < 1.29 is 0 Å². The van der Waals surface area contributed by atoms with E-state index in [0.717, 1.165) is 22.4 Å². The molecule has 3 aromatic rings. The minimum Gasteiger partial charge on any atom is -0.339 e. The van der Waals surface area contributed by atoms with E-state index in [-0.39, 0.29) is 5.56 Å². The highest BCUT2D eigenvalue weighted by molar-refractivity contribution is 9.10. The second-order valence-corrected chi connectivity index (χ2v) is 7.18. The van der Waals surface area contributed by atoms with Crippen molar-refractivity contribution >= 4 is 27.4 Å². The van der Waals surface area contributed by atoms with Gasteiger partial charge in [0.15, 0.2) is 5.82 Å². The molecular formula is C21H16BrN5O. The highest BCUT2D eigenvalue weighted by Crippen LogP contribution is 2.27. The van der Waals surface area contributed by atoms with Crippen molar-refractivity contribution in [2.75, 3.05) is 5.32 Å². The molecule has 0 aliphatic heterocycles. The van der Waals surface area contributed by atoms with Crippen LogP contribution in [0.1, 0.15) is 33.6 Å². The number of rotatable bonds is 4. The van der Waals surface area contributed by atoms with Gasteiger partial charge in [-0.1, -0.05) is 12.1 Å². The van der Waals surface area contributed by atoms with E-state index in [1.807, 2.05) is 26.0 Å². The third kappa shape index (κ3) is 4.11. The van der Waals surface area contributed by atoms with Crippen molar-refractivity contribution in [3.8, 4) is 12.1 Å². The topological polar surface area (TPSA) is 105 Å². The van der Waals surface area contributed by atoms with Gasteiger partial charge in [0, 0.05) is 12.1 Å². The van der Waals surface area contributed by atoms with Crippen LogP contribution in [0.2, 0.25) is 0 Å². The molecule has 0 aliphatic carbocycles. The van der Waals surface area contributed by atoms with Gasteiger partial charge < -0.3 is 10.3 Å². The highest BCUT2D eigenvalue weighted by Gasteiger charge is 2.13. The molecule has 0 bridgehead atoms. The van der Waals surface area contributed by atoms with Crippen LogP contribution in [-0.2, 0) is 6.42 Å². The third-order valence-electron chi connectivity index (χ3n) is 4.27. The number of nitrogens with one attached hydrogen (secondary N) is 2. The van der Waals surface area contributed by atoms with Crippen molar-refractivity contribution in [2.24, 2.45) is 0 Å². The van der Waals surface area contributed by atoms with E-state index in [4.69, 9.17) is 10.5 Å². The Bertz CT molecular complexity index is 1160. The number of aryl methyl sites for hydroxylation is 2. The quantitative estimate of drug-likeness (QED) is 0.640. The maximum Gasteiger partial charge on any atom is 0.267 e. The van der Waals surface area contributed by atoms with Crippen molar-refractivity contribution in [1.29, 1.82) is 10.5 Å². The van der Waals surface area contributed by atoms with E-state index in [1.54, 1.807) is 24.3 Å². The van der Waals surface area contributed by atoms with Gasteiger partial charge in [-0.05, 0) is 70.7 Å². The predicted molar refractivity (Wildman–Crippen MR) is 110 cm³/mol. The number of hydrogen-bond donors (Lipinski definition) is 2. The Morgan fingerprint density at radius 1 is 1.07 bits per heavy atom. The molecule has 0 unspecified atom stereocenters. The number of halogens is 1. The number of benzene rings is 2. The van der Waals surface area contributed by atoms with Gasteiger partial charge in [-0.15, -0.1) is 0 Å². The second kappa shape index (κ2) is 8.08. The number of H-pyrrole nitrogens is 1. The van der Waals surface area contributed by atoms with Gasteiger partial charge in [0.05, 0.1) is 23.3 Å². The Balaban J connectivity index is 1.95. The SMILES string of the molecule is Cc1cc(C#N)cc(C)c1Nc1nc(Cc2ccc(C#N)cc2)[nH]c(=O)c1Br. The molecule has 0 aliphatic rings. The van der Waals surface area contributed by atoms with Crippen LogP contribution in [0.25, 0.3) is 0 Å². The minimum absolute atomic E-state index is 0.287. The summed E-state index contributed by atoms with van der Waals surface area (Å²) in [6.07, 6.45) is 0.425. The summed E-state index contributed by atoms with van der Waals surface area (Å²) in [4.78, 5) is 19.7. The van der Waals surface area contributed by atoms with E-state index in [2.05, 4.69) is 43.4 Å². The second-order valence-electron chi connectivity index (χ2n) is 6.38. The van der Waals surface area contributed by atoms with E-state index in [0.29, 0.717) is 33.7 Å². The van der Waals surface area contributed by atoms with Gasteiger partial charge >= 0.3 is 0 Å². The molecule has 0 saturated carbocycles. The predicted octanol–water partition coefficient (Wildman–Crippen LogP) is 4.23. The average Bonchev–Trinajstić information content (AvgIpc) is 2.68. The van der Waals surface area contributed by atoms with Gasteiger partial charge in [0.25, 0.3) is 5.56 Å². The van der Waals surface area contributed by atoms with Crippen LogP contribution in [0.5, 0.6) is 0 Å². The zero-order valence-corrected chi connectivity index (χ0v) is 16.9. The molecule has 7 heteroatoms. The fraction of sp³-hybridized carbons (Fsp3) is 0.143. The number of aromatic amines is 1. The maximum absolute atomic E-state index is 12.3. The number of aromatic nitrogens is 2. The minimum atomic E-state index is -0.287. The van der Waals surface area contributed by atoms with Crippen LogP contribution < -0.4 is 10.9 Å². The van der Waals surface area contributed by atoms with Crippen LogP contribution in [0.3, 0.4) is 0 Å². The number of hydrogen-bond acceptors (Lipinski definition) is 5. The van der Waals surface area contributed by atoms with Crippen LogP contribution >= 0.6 is 15.9 Å². The lowest BCUT2D eigenvalue weighted by Gasteiger charge is -2.14. The standard InChI is InChI=1S/C21H16BrN5O/c1-12-7-16(11-24)8-13(2)19(12)27-20-18(22)21(28)26-17(25-20)9-14-3-5-15(10-23)6-4-14/h3-8H,9H2,1-2H3,(H2,25,26,27,28). The normalized spacial score (nSPS) is 10.2. The largest absolute Gasteiger partial charge is 0.339 e. The summed E-state index contributed by atoms with van der Waals surface area (Å²) in [5, 5.41) is 21.2. The molecule has 0 fully saturated rings. The third-order valence-corrected chi connectivity index (χ3v) is 5.01. The Morgan fingerprint density at radius 2 is 1.68 bits per heavy atom. The summed E-state index contributed by atoms with van der Waals surface area (Å²) in [6, 6.07) is 14.9. The molecule has 1 aromatic heterocycles. The van der Waals surface area contributed by atoms with Crippen molar-refractivity contribution in [1.82, 2.24) is 9.97 Å². The van der Waals surface area contributed by atoms with Gasteiger partial charge in [0.1, 0.15) is 10.3 Å². The van der Waals surface area contributed by atoms with Crippen molar-refractivity contribution in [3.05, 3.63) is 84.9 Å². The summed E-state index contributed by atoms with van der Waals surface area (Å²) in [7, 11) is 0. The maximum atomic E-state index is 12.3. The Labute approximate surface area is 170 Å². The van der Waals surface area contributed by atoms with Crippen LogP contribution in [-0.4, -0.2) is 9.97 Å². The number of nitriles is 2. The van der Waals surface area contributed by atoms with Gasteiger partial charge in [-0.25, -0.2) is 4.98 Å². The van der Waals surface area contributed by atoms with Crippen LogP contribution in [0, 0.1) is 36.5 Å². The Hall–Kier alpha value is -3.42. The van der Waals surface area contributed by atoms with Gasteiger partial charge in [-0.2, -0.15) is 10.5 Å². The molecular weight excluding hydrogens is 418 g/mol. The fourth-order valence-corrected chi connectivity index (χ4v) is 3.19. The molecule has 2 N–H and O–H groups in total. The van der Waals surface area contributed by atoms with Gasteiger partial charge in [-0.3, -0.25) is 4.79 Å². The van der Waals surface area contributed by atoms with E-state index < -0.39 is 0 Å². The monoisotopic (exact) mass is 433 g/mol. The molecule has 6 nitrogen and oxygen atoms in total. The molecule has 0 radical (unpaired) electrons. The summed E-state index contributed by atoms with van der Waals surface area (Å²) >= 11 is 3.30. The molecule has 138 valence electrons. The first-order valence-corrected chi connectivity index (χ1v) is 9.26. The molecule has 3 rings (SSSR count). The van der Waals surface area contributed by atoms with Crippen LogP contribution in [0.4, 0.5) is 11.5 Å². The molecule has 0 spiro atoms. The average molecular weight is 434 g/mol. The lowest BCUT2D eigenvalue weighted by atomic mass is 10.0. The zero-order chi connectivity index (χ0) is 20.3. The summed E-state index contributed by atoms with van der Waals surface area (Å²) < 4.78 is 0.305. The van der Waals surface area contributed by atoms with E-state index in [9.17, 15) is 4.79 Å². The molecule has 0 atom stereocenters. The first-order valence-electron chi connectivity index (χ1n) is 8.47. The molecule has 0 amide bonds. The lowest BCUT2D eigenvalue weighted by Crippen LogP contribution is -2.16. The molecule has 2 aromatic carbocycles. The fourth-order valence-electron chi connectivity index (χ4n) is 2.91. The van der Waals surface area contributed by atoms with Gasteiger partial charge in [0.2, 0.25) is 0 Å². The summed E-state index contributed by atoms with van der Waals surface area (Å²) in [6.45, 7) is 3.80. The van der Waals surface area contributed by atoms with E-state index in [1.165, 1.54) is 0 Å². The summed E-state index contributed by atoms with van der Waals surface area (Å²) in [5.41, 5.74) is 4.39. The number of anilines is 2. The molecule has 0 saturated heterocycles. The molecule has 1 heterocycles. The molecule has 28 heavy (non-hydrogen) atoms. The van der Waals surface area contributed by atoms with Crippen LogP contribution in [0.15, 0.2) is 45.7 Å². The smallest absolute Gasteiger partial charge is 0.267 e.